The molecule has 0 unspecified atom stereocenters. The monoisotopic (exact) mass is 420 g/mol. The van der Waals surface area contributed by atoms with Gasteiger partial charge in [0.2, 0.25) is 0 Å². The molecule has 4 rings (SSSR count). The van der Waals surface area contributed by atoms with Crippen molar-refractivity contribution in [3.8, 4) is 11.1 Å². The third kappa shape index (κ3) is 3.50. The average Bonchev–Trinajstić information content (AvgIpc) is 2.77. The Kier molecular flexibility index (Phi) is 5.54. The van der Waals surface area contributed by atoms with Crippen LogP contribution in [0.25, 0.3) is 11.1 Å². The van der Waals surface area contributed by atoms with E-state index in [1.54, 1.807) is 0 Å². The van der Waals surface area contributed by atoms with E-state index in [4.69, 9.17) is 4.74 Å². The first kappa shape index (κ1) is 21.4. The number of ether oxygens (including phenoxy) is 1. The number of nitrogens with zero attached hydrogens (tertiary/aromatic N) is 1. The van der Waals surface area contributed by atoms with E-state index in [2.05, 4.69) is 43.4 Å². The van der Waals surface area contributed by atoms with Crippen molar-refractivity contribution in [2.24, 2.45) is 0 Å². The predicted molar refractivity (Wildman–Crippen MR) is 125 cm³/mol. The summed E-state index contributed by atoms with van der Waals surface area (Å²) in [5.74, 6) is -0.147. The van der Waals surface area contributed by atoms with Crippen LogP contribution in [0.4, 0.5) is 11.4 Å². The molecule has 5 heteroatoms. The molecule has 0 saturated heterocycles. The number of carbonyl (C=O) groups excluding carboxylic acids is 2. The highest BCUT2D eigenvalue weighted by atomic mass is 16.5. The molecule has 2 aromatic carbocycles. The van der Waals surface area contributed by atoms with Crippen molar-refractivity contribution in [1.29, 1.82) is 0 Å². The van der Waals surface area contributed by atoms with Gasteiger partial charge in [-0.1, -0.05) is 49.1 Å². The Morgan fingerprint density at radius 3 is 2.32 bits per heavy atom. The molecular formula is C26H32N2O3. The van der Waals surface area contributed by atoms with Crippen LogP contribution in [0.15, 0.2) is 24.3 Å². The zero-order valence-electron chi connectivity index (χ0n) is 19.2. The number of rotatable bonds is 3. The number of carbonyl (C=O) groups is 2. The lowest BCUT2D eigenvalue weighted by molar-refractivity contribution is -0.139. The van der Waals surface area contributed by atoms with Crippen molar-refractivity contribution in [1.82, 2.24) is 0 Å². The van der Waals surface area contributed by atoms with Crippen LogP contribution in [0.1, 0.15) is 54.4 Å². The van der Waals surface area contributed by atoms with Gasteiger partial charge in [-0.05, 0) is 61.4 Å². The molecule has 1 heterocycles. The van der Waals surface area contributed by atoms with Gasteiger partial charge < -0.3 is 15.0 Å². The fourth-order valence-corrected chi connectivity index (χ4v) is 5.38. The minimum atomic E-state index is -0.522. The van der Waals surface area contributed by atoms with E-state index in [0.717, 1.165) is 64.9 Å². The first-order valence-electron chi connectivity index (χ1n) is 11.2. The number of methoxy groups -OCH3 is 1. The maximum Gasteiger partial charge on any atom is 0.310 e. The van der Waals surface area contributed by atoms with Gasteiger partial charge in [-0.15, -0.1) is 0 Å². The number of amides is 1. The quantitative estimate of drug-likeness (QED) is 0.703. The lowest BCUT2D eigenvalue weighted by Gasteiger charge is -2.46. The molecular weight excluding hydrogens is 388 g/mol. The molecule has 1 amide bonds. The largest absolute Gasteiger partial charge is 0.469 e. The molecule has 1 fully saturated rings. The lowest BCUT2D eigenvalue weighted by Crippen LogP contribution is -2.57. The molecule has 0 aromatic heterocycles. The van der Waals surface area contributed by atoms with Crippen molar-refractivity contribution < 1.29 is 14.3 Å². The van der Waals surface area contributed by atoms with Crippen LogP contribution in [0.5, 0.6) is 0 Å². The van der Waals surface area contributed by atoms with Crippen LogP contribution in [0, 0.1) is 20.8 Å². The highest BCUT2D eigenvalue weighted by Crippen LogP contribution is 2.49. The molecule has 1 aliphatic carbocycles. The minimum Gasteiger partial charge on any atom is -0.469 e. The normalized spacial score (nSPS) is 17.3. The summed E-state index contributed by atoms with van der Waals surface area (Å²) in [4.78, 5) is 27.6. The summed E-state index contributed by atoms with van der Waals surface area (Å²) < 4.78 is 5.01. The Labute approximate surface area is 184 Å². The summed E-state index contributed by atoms with van der Waals surface area (Å²) in [5, 5.41) is 3.71. The number of fused-ring (bicyclic) bond motifs is 1. The van der Waals surface area contributed by atoms with Crippen LogP contribution in [-0.4, -0.2) is 31.6 Å². The smallest absolute Gasteiger partial charge is 0.310 e. The third-order valence-electron chi connectivity index (χ3n) is 7.11. The molecule has 1 spiro atoms. The predicted octanol–water partition coefficient (Wildman–Crippen LogP) is 5.09. The maximum atomic E-state index is 13.5. The van der Waals surface area contributed by atoms with Crippen LogP contribution in [0.2, 0.25) is 0 Å². The van der Waals surface area contributed by atoms with Crippen LogP contribution in [0.3, 0.4) is 0 Å². The number of benzene rings is 2. The highest BCUT2D eigenvalue weighted by molar-refractivity contribution is 6.10. The van der Waals surface area contributed by atoms with Gasteiger partial charge in [0.25, 0.3) is 5.91 Å². The average molecular weight is 421 g/mol. The third-order valence-corrected chi connectivity index (χ3v) is 7.11. The Morgan fingerprint density at radius 1 is 1.06 bits per heavy atom. The van der Waals surface area contributed by atoms with Crippen molar-refractivity contribution in [2.45, 2.75) is 64.8 Å². The van der Waals surface area contributed by atoms with E-state index in [0.29, 0.717) is 0 Å². The van der Waals surface area contributed by atoms with Crippen molar-refractivity contribution in [3.05, 3.63) is 46.5 Å². The topological polar surface area (TPSA) is 58.6 Å². The van der Waals surface area contributed by atoms with Crippen LogP contribution in [-0.2, 0) is 20.7 Å². The number of hydrogen-bond donors (Lipinski definition) is 1. The zero-order chi connectivity index (χ0) is 22.3. The van der Waals surface area contributed by atoms with Crippen LogP contribution < -0.4 is 10.2 Å². The lowest BCUT2D eigenvalue weighted by atomic mass is 9.77. The molecule has 1 N–H and O–H groups in total. The SMILES string of the molecule is COC(=O)Cc1c(C)c2c(c(C)c1-c1ccc(C)cc1)NC1(CCCCC1)C(=O)N2C. The van der Waals surface area contributed by atoms with E-state index in [1.807, 2.05) is 18.9 Å². The summed E-state index contributed by atoms with van der Waals surface area (Å²) in [7, 11) is 3.29. The molecule has 0 radical (unpaired) electrons. The van der Waals surface area contributed by atoms with Crippen molar-refractivity contribution in [3.63, 3.8) is 0 Å². The fourth-order valence-electron chi connectivity index (χ4n) is 5.38. The van der Waals surface area contributed by atoms with Gasteiger partial charge in [0.15, 0.2) is 0 Å². The molecule has 31 heavy (non-hydrogen) atoms. The Morgan fingerprint density at radius 2 is 1.71 bits per heavy atom. The van der Waals surface area contributed by atoms with Gasteiger partial charge in [-0.2, -0.15) is 0 Å². The molecule has 2 aliphatic rings. The molecule has 5 nitrogen and oxygen atoms in total. The first-order chi connectivity index (χ1) is 14.8. The molecule has 1 saturated carbocycles. The second-order valence-electron chi connectivity index (χ2n) is 9.08. The summed E-state index contributed by atoms with van der Waals surface area (Å²) in [6, 6.07) is 8.41. The Hall–Kier alpha value is -2.82. The summed E-state index contributed by atoms with van der Waals surface area (Å²) >= 11 is 0. The van der Waals surface area contributed by atoms with E-state index < -0.39 is 5.54 Å². The molecule has 1 aliphatic heterocycles. The number of esters is 1. The minimum absolute atomic E-state index is 0.134. The number of anilines is 2. The van der Waals surface area contributed by atoms with Gasteiger partial charge >= 0.3 is 5.97 Å². The number of aryl methyl sites for hydroxylation is 1. The molecule has 0 atom stereocenters. The van der Waals surface area contributed by atoms with E-state index in [-0.39, 0.29) is 18.3 Å². The first-order valence-corrected chi connectivity index (χ1v) is 11.2. The molecule has 164 valence electrons. The van der Waals surface area contributed by atoms with E-state index in [1.165, 1.54) is 19.1 Å². The molecule has 2 aromatic rings. The highest BCUT2D eigenvalue weighted by Gasteiger charge is 2.46. The molecule has 0 bridgehead atoms. The van der Waals surface area contributed by atoms with E-state index in [9.17, 15) is 9.59 Å². The van der Waals surface area contributed by atoms with Gasteiger partial charge in [-0.3, -0.25) is 9.59 Å². The Balaban J connectivity index is 1.97. The number of nitrogens with one attached hydrogen (secondary N) is 1. The van der Waals surface area contributed by atoms with Gasteiger partial charge in [0, 0.05) is 7.05 Å². The zero-order valence-corrected chi connectivity index (χ0v) is 19.2. The second-order valence-corrected chi connectivity index (χ2v) is 9.08. The number of likely N-dealkylation sites (N-methyl/N-ethyl adjacent to an activating group) is 1. The summed E-state index contributed by atoms with van der Waals surface area (Å²) in [6.45, 7) is 6.18. The second kappa shape index (κ2) is 8.03. The number of hydrogen-bond acceptors (Lipinski definition) is 4. The Bertz CT molecular complexity index is 1030. The maximum absolute atomic E-state index is 13.5. The standard InChI is InChI=1S/C26H32N2O3/c1-16-9-11-19(12-10-16)22-18(3)23-24(17(2)20(22)15-21(29)31-5)28(4)25(30)26(27-23)13-7-6-8-14-26/h9-12,27H,6-8,13-15H2,1-5H3. The van der Waals surface area contributed by atoms with Gasteiger partial charge in [0.05, 0.1) is 24.9 Å². The van der Waals surface area contributed by atoms with Gasteiger partial charge in [0.1, 0.15) is 5.54 Å². The van der Waals surface area contributed by atoms with E-state index >= 15 is 0 Å². The van der Waals surface area contributed by atoms with Crippen molar-refractivity contribution in [2.75, 3.05) is 24.4 Å². The van der Waals surface area contributed by atoms with Crippen molar-refractivity contribution >= 4 is 23.3 Å². The summed E-state index contributed by atoms with van der Waals surface area (Å²) in [6.07, 6.45) is 5.19. The summed E-state index contributed by atoms with van der Waals surface area (Å²) in [5.41, 5.74) is 7.66. The van der Waals surface area contributed by atoms with Crippen LogP contribution >= 0.6 is 0 Å². The fraction of sp³-hybridized carbons (Fsp3) is 0.462. The van der Waals surface area contributed by atoms with Gasteiger partial charge in [-0.25, -0.2) is 0 Å².